The molecule has 1 aliphatic carbocycles. The molecule has 1 aromatic heterocycles. The number of amides is 1. The predicted octanol–water partition coefficient (Wildman–Crippen LogP) is 8.63. The first kappa shape index (κ1) is 30.5. The number of benzene rings is 4. The summed E-state index contributed by atoms with van der Waals surface area (Å²) in [7, 11) is 0. The lowest BCUT2D eigenvalue weighted by molar-refractivity contribution is -0.141. The Hall–Kier alpha value is -5.18. The molecule has 1 N–H and O–H groups in total. The van der Waals surface area contributed by atoms with Gasteiger partial charge in [0.1, 0.15) is 0 Å². The number of ketones is 1. The molecular weight excluding hydrogens is 603 g/mol. The van der Waals surface area contributed by atoms with E-state index in [1.54, 1.807) is 17.0 Å². The fourth-order valence-electron chi connectivity index (χ4n) is 6.64. The summed E-state index contributed by atoms with van der Waals surface area (Å²) >= 11 is 0. The average molecular weight is 636 g/mol. The zero-order chi connectivity index (χ0) is 32.7. The molecule has 5 aromatic rings. The van der Waals surface area contributed by atoms with Crippen molar-refractivity contribution in [1.82, 2.24) is 4.98 Å². The minimum atomic E-state index is -4.84. The maximum atomic E-state index is 14.1. The molecule has 1 amide bonds. The van der Waals surface area contributed by atoms with Gasteiger partial charge in [-0.2, -0.15) is 18.2 Å². The number of aryl methyl sites for hydroxylation is 1. The van der Waals surface area contributed by atoms with Crippen LogP contribution in [0.2, 0.25) is 0 Å². The summed E-state index contributed by atoms with van der Waals surface area (Å²) in [6.45, 7) is 2.88. The van der Waals surface area contributed by atoms with E-state index in [1.807, 2.05) is 73.7 Å². The molecular formula is C38H32F3N3O3. The monoisotopic (exact) mass is 635 g/mol. The first-order valence-electron chi connectivity index (χ1n) is 15.7. The zero-order valence-corrected chi connectivity index (χ0v) is 25.7. The Morgan fingerprint density at radius 1 is 0.894 bits per heavy atom. The third-order valence-electron chi connectivity index (χ3n) is 9.14. The van der Waals surface area contributed by atoms with Gasteiger partial charge < -0.3 is 14.6 Å². The number of para-hydroxylation sites is 1. The second kappa shape index (κ2) is 12.2. The smallest absolute Gasteiger partial charge is 0.420 e. The van der Waals surface area contributed by atoms with Crippen LogP contribution in [0.1, 0.15) is 73.2 Å². The molecule has 1 fully saturated rings. The highest BCUT2D eigenvalue weighted by Crippen LogP contribution is 2.39. The van der Waals surface area contributed by atoms with Crippen LogP contribution in [0.3, 0.4) is 0 Å². The Bertz CT molecular complexity index is 1980. The van der Waals surface area contributed by atoms with E-state index in [2.05, 4.69) is 22.4 Å². The molecule has 47 heavy (non-hydrogen) atoms. The van der Waals surface area contributed by atoms with E-state index in [9.17, 15) is 22.8 Å². The Kier molecular flexibility index (Phi) is 7.91. The van der Waals surface area contributed by atoms with Crippen LogP contribution >= 0.6 is 0 Å². The summed E-state index contributed by atoms with van der Waals surface area (Å²) in [5, 5.41) is 2.96. The van der Waals surface area contributed by atoms with E-state index in [0.717, 1.165) is 46.3 Å². The number of carbonyl (C=O) groups is 2. The highest BCUT2D eigenvalue weighted by Gasteiger charge is 2.42. The van der Waals surface area contributed by atoms with Crippen molar-refractivity contribution in [3.8, 4) is 11.1 Å². The van der Waals surface area contributed by atoms with E-state index in [1.165, 1.54) is 5.56 Å². The molecule has 0 spiro atoms. The van der Waals surface area contributed by atoms with Gasteiger partial charge in [-0.15, -0.1) is 0 Å². The van der Waals surface area contributed by atoms with Crippen LogP contribution in [0.5, 0.6) is 0 Å². The van der Waals surface area contributed by atoms with Gasteiger partial charge in [0.2, 0.25) is 11.5 Å². The molecule has 0 bridgehead atoms. The van der Waals surface area contributed by atoms with Crippen molar-refractivity contribution in [1.29, 1.82) is 0 Å². The number of fused-ring (bicyclic) bond motifs is 3. The number of rotatable bonds is 7. The number of hydrogen-bond acceptors (Lipinski definition) is 5. The molecule has 0 unspecified atom stereocenters. The van der Waals surface area contributed by atoms with Gasteiger partial charge in [0, 0.05) is 30.8 Å². The van der Waals surface area contributed by atoms with Gasteiger partial charge in [0.15, 0.2) is 5.69 Å². The van der Waals surface area contributed by atoms with Gasteiger partial charge in [-0.25, -0.2) is 0 Å². The van der Waals surface area contributed by atoms with Gasteiger partial charge in [0.25, 0.3) is 11.9 Å². The number of anilines is 2. The van der Waals surface area contributed by atoms with Crippen molar-refractivity contribution in [3.05, 3.63) is 136 Å². The summed E-state index contributed by atoms with van der Waals surface area (Å²) < 4.78 is 47.7. The van der Waals surface area contributed by atoms with E-state index in [-0.39, 0.29) is 18.3 Å². The van der Waals surface area contributed by atoms with Crippen molar-refractivity contribution < 1.29 is 27.2 Å². The lowest BCUT2D eigenvalue weighted by Gasteiger charge is -2.31. The summed E-state index contributed by atoms with van der Waals surface area (Å²) in [6, 6.07) is 28.5. The lowest BCUT2D eigenvalue weighted by atomic mass is 9.90. The summed E-state index contributed by atoms with van der Waals surface area (Å²) in [4.78, 5) is 31.8. The van der Waals surface area contributed by atoms with Crippen LogP contribution < -0.4 is 10.2 Å². The molecule has 0 saturated carbocycles. The van der Waals surface area contributed by atoms with Crippen LogP contribution in [0, 0.1) is 6.92 Å². The topological polar surface area (TPSA) is 75.4 Å². The second-order valence-corrected chi connectivity index (χ2v) is 12.3. The lowest BCUT2D eigenvalue weighted by Crippen LogP contribution is -2.33. The third-order valence-corrected chi connectivity index (χ3v) is 9.14. The molecule has 6 nitrogen and oxygen atoms in total. The molecule has 0 radical (unpaired) electrons. The molecule has 2 aliphatic rings. The largest absolute Gasteiger partial charge is 0.437 e. The molecule has 1 saturated heterocycles. The predicted molar refractivity (Wildman–Crippen MR) is 174 cm³/mol. The number of nitrogens with one attached hydrogen (secondary N) is 1. The molecule has 7 rings (SSSR count). The Balaban J connectivity index is 1.05. The Morgan fingerprint density at radius 3 is 2.30 bits per heavy atom. The van der Waals surface area contributed by atoms with Crippen LogP contribution in [0.4, 0.5) is 24.9 Å². The van der Waals surface area contributed by atoms with Crippen molar-refractivity contribution >= 4 is 23.4 Å². The molecule has 2 heterocycles. The van der Waals surface area contributed by atoms with Crippen molar-refractivity contribution in [2.24, 2.45) is 0 Å². The fraction of sp³-hybridized carbons (Fsp3) is 0.237. The number of hydrogen-bond donors (Lipinski definition) is 1. The van der Waals surface area contributed by atoms with Crippen molar-refractivity contribution in [2.45, 2.75) is 44.7 Å². The zero-order valence-electron chi connectivity index (χ0n) is 25.7. The van der Waals surface area contributed by atoms with Gasteiger partial charge in [-0.1, -0.05) is 72.8 Å². The molecule has 238 valence electrons. The van der Waals surface area contributed by atoms with Crippen molar-refractivity contribution in [2.75, 3.05) is 23.3 Å². The summed E-state index contributed by atoms with van der Waals surface area (Å²) in [5.41, 5.74) is 6.60. The van der Waals surface area contributed by atoms with E-state index >= 15 is 0 Å². The minimum Gasteiger partial charge on any atom is -0.420 e. The third kappa shape index (κ3) is 6.17. The second-order valence-electron chi connectivity index (χ2n) is 12.3. The normalized spacial score (nSPS) is 14.5. The number of Topliss-reactive ketones (excluding diaryl/α,β-unsaturated/α-hetero) is 1. The molecule has 9 heteroatoms. The number of aromatic nitrogens is 1. The first-order chi connectivity index (χ1) is 22.6. The van der Waals surface area contributed by atoms with Gasteiger partial charge in [0.05, 0.1) is 0 Å². The van der Waals surface area contributed by atoms with Gasteiger partial charge >= 0.3 is 6.18 Å². The summed E-state index contributed by atoms with van der Waals surface area (Å²) in [5.74, 6) is -1.44. The number of halogens is 3. The molecule has 4 aromatic carbocycles. The van der Waals surface area contributed by atoms with Gasteiger partial charge in [-0.05, 0) is 89.2 Å². The maximum Gasteiger partial charge on any atom is 0.437 e. The quantitative estimate of drug-likeness (QED) is 0.178. The van der Waals surface area contributed by atoms with Crippen LogP contribution in [0.25, 0.3) is 11.1 Å². The van der Waals surface area contributed by atoms with E-state index in [0.29, 0.717) is 36.6 Å². The number of oxazole rings is 1. The van der Waals surface area contributed by atoms with Crippen LogP contribution in [-0.4, -0.2) is 29.8 Å². The fourth-order valence-corrected chi connectivity index (χ4v) is 6.64. The standard InChI is InChI=1S/C38H32F3N3O3/c1-23-7-5-6-10-32(23)42-36(46)27-12-14-31-29(21-27)22-28-19-24(11-13-30(28)31)20-33(45)34-35(38(39,40)41)43-37(47-34)44-17-15-26(16-18-44)25-8-3-2-4-9-25/h2-14,19,21,26H,15-18,20,22H2,1H3,(H,42,46). The maximum absolute atomic E-state index is 14.1. The number of carbonyl (C=O) groups excluding carboxylic acids is 2. The SMILES string of the molecule is Cc1ccccc1NC(=O)c1ccc2c(c1)Cc1cc(CC(=O)c3oc(N4CCC(c5ccccc5)CC4)nc3C(F)(F)F)ccc1-2. The average Bonchev–Trinajstić information content (AvgIpc) is 3.68. The summed E-state index contributed by atoms with van der Waals surface area (Å²) in [6.07, 6.45) is -3.07. The Morgan fingerprint density at radius 2 is 1.57 bits per heavy atom. The number of alkyl halides is 3. The molecule has 0 atom stereocenters. The van der Waals surface area contributed by atoms with Crippen LogP contribution in [-0.2, 0) is 19.0 Å². The number of nitrogens with zero attached hydrogens (tertiary/aromatic N) is 2. The molecule has 1 aliphatic heterocycles. The van der Waals surface area contributed by atoms with E-state index < -0.39 is 23.4 Å². The minimum absolute atomic E-state index is 0.168. The Labute approximate surface area is 270 Å². The highest BCUT2D eigenvalue weighted by atomic mass is 19.4. The first-order valence-corrected chi connectivity index (χ1v) is 15.7. The number of piperidine rings is 1. The van der Waals surface area contributed by atoms with Gasteiger partial charge in [-0.3, -0.25) is 9.59 Å². The van der Waals surface area contributed by atoms with Crippen LogP contribution in [0.15, 0.2) is 95.4 Å². The highest BCUT2D eigenvalue weighted by molar-refractivity contribution is 6.05. The van der Waals surface area contributed by atoms with Crippen molar-refractivity contribution in [3.63, 3.8) is 0 Å². The van der Waals surface area contributed by atoms with E-state index in [4.69, 9.17) is 4.42 Å².